The number of benzene rings is 2. The van der Waals surface area contributed by atoms with Gasteiger partial charge in [-0.05, 0) is 55.9 Å². The lowest BCUT2D eigenvalue weighted by molar-refractivity contribution is -0.137. The first-order chi connectivity index (χ1) is 17.3. The van der Waals surface area contributed by atoms with Gasteiger partial charge in [0.05, 0.1) is 24.8 Å². The molecule has 1 saturated carbocycles. The van der Waals surface area contributed by atoms with Crippen LogP contribution in [-0.2, 0) is 22.3 Å². The van der Waals surface area contributed by atoms with Crippen LogP contribution in [-0.4, -0.2) is 54.5 Å². The number of hydrogen-bond acceptors (Lipinski definition) is 4. The second-order valence-electron chi connectivity index (χ2n) is 9.54. The summed E-state index contributed by atoms with van der Waals surface area (Å²) in [5.74, 6) is -1.06. The van der Waals surface area contributed by atoms with E-state index in [0.29, 0.717) is 12.6 Å². The van der Waals surface area contributed by atoms with Crippen molar-refractivity contribution >= 4 is 11.8 Å². The van der Waals surface area contributed by atoms with Gasteiger partial charge in [-0.15, -0.1) is 0 Å². The van der Waals surface area contributed by atoms with Gasteiger partial charge < -0.3 is 15.4 Å². The molecule has 2 aromatic rings. The molecule has 1 aliphatic heterocycles. The molecule has 0 spiro atoms. The first-order valence-electron chi connectivity index (χ1n) is 12.4. The van der Waals surface area contributed by atoms with Gasteiger partial charge >= 0.3 is 6.18 Å². The van der Waals surface area contributed by atoms with Crippen LogP contribution in [0.3, 0.4) is 0 Å². The van der Waals surface area contributed by atoms with Crippen molar-refractivity contribution < 1.29 is 27.5 Å². The van der Waals surface area contributed by atoms with Gasteiger partial charge in [0.15, 0.2) is 0 Å². The number of rotatable bonds is 8. The number of hydrogen-bond donors (Lipinski definition) is 2. The minimum atomic E-state index is -4.53. The predicted octanol–water partition coefficient (Wildman–Crippen LogP) is 4.15. The fourth-order valence-electron chi connectivity index (χ4n) is 4.98. The van der Waals surface area contributed by atoms with Crippen LogP contribution in [0.25, 0.3) is 0 Å². The summed E-state index contributed by atoms with van der Waals surface area (Å²) in [5, 5.41) is 5.35. The van der Waals surface area contributed by atoms with Crippen molar-refractivity contribution in [1.82, 2.24) is 15.5 Å². The van der Waals surface area contributed by atoms with Crippen molar-refractivity contribution in [2.45, 2.75) is 63.1 Å². The molecule has 0 radical (unpaired) electrons. The fourth-order valence-corrected chi connectivity index (χ4v) is 4.98. The van der Waals surface area contributed by atoms with Gasteiger partial charge in [-0.1, -0.05) is 36.4 Å². The number of likely N-dealkylation sites (tertiary alicyclic amines) is 1. The van der Waals surface area contributed by atoms with Gasteiger partial charge in [0.2, 0.25) is 5.91 Å². The van der Waals surface area contributed by atoms with Crippen LogP contribution in [0.1, 0.15) is 53.6 Å². The molecule has 9 heteroatoms. The highest BCUT2D eigenvalue weighted by Crippen LogP contribution is 2.30. The standard InChI is InChI=1S/C27H32F3N3O3/c28-27(29,30)21-8-4-7-20(15-21)26(35)31-16-25(34)32-22-13-14-33(17-22)23-9-11-24(12-10-23)36-18-19-5-2-1-3-6-19/h1-8,15,22-24H,9-14,16-18H2,(H,31,35)(H,32,34)/t22-,23?,24?/m1/s1. The second kappa shape index (κ2) is 11.9. The van der Waals surface area contributed by atoms with Gasteiger partial charge in [-0.2, -0.15) is 13.2 Å². The first kappa shape index (κ1) is 26.2. The van der Waals surface area contributed by atoms with E-state index in [0.717, 1.165) is 57.3 Å². The molecule has 194 valence electrons. The molecule has 6 nitrogen and oxygen atoms in total. The second-order valence-corrected chi connectivity index (χ2v) is 9.54. The summed E-state index contributed by atoms with van der Waals surface area (Å²) in [4.78, 5) is 27.0. The highest BCUT2D eigenvalue weighted by Gasteiger charge is 2.33. The zero-order chi connectivity index (χ0) is 25.5. The van der Waals surface area contributed by atoms with E-state index in [1.807, 2.05) is 18.2 Å². The fraction of sp³-hybridized carbons (Fsp3) is 0.481. The minimum Gasteiger partial charge on any atom is -0.374 e. The molecule has 36 heavy (non-hydrogen) atoms. The SMILES string of the molecule is O=C(CNC(=O)c1cccc(C(F)(F)F)c1)N[C@@H]1CCN(C2CCC(OCc3ccccc3)CC2)C1. The maximum absolute atomic E-state index is 12.9. The van der Waals surface area contributed by atoms with Crippen molar-refractivity contribution in [3.8, 4) is 0 Å². The van der Waals surface area contributed by atoms with Crippen LogP contribution >= 0.6 is 0 Å². The highest BCUT2D eigenvalue weighted by molar-refractivity contribution is 5.96. The Labute approximate surface area is 209 Å². The summed E-state index contributed by atoms with van der Waals surface area (Å²) < 4.78 is 44.6. The van der Waals surface area contributed by atoms with Gasteiger partial charge in [0, 0.05) is 30.7 Å². The molecular weight excluding hydrogens is 471 g/mol. The Balaban J connectivity index is 1.15. The molecule has 2 aromatic carbocycles. The van der Waals surface area contributed by atoms with Crippen molar-refractivity contribution in [3.63, 3.8) is 0 Å². The monoisotopic (exact) mass is 503 g/mol. The average Bonchev–Trinajstić information content (AvgIpc) is 3.35. The Morgan fingerprint density at radius 1 is 0.972 bits per heavy atom. The minimum absolute atomic E-state index is 0.00462. The molecule has 4 rings (SSSR count). The average molecular weight is 504 g/mol. The van der Waals surface area contributed by atoms with E-state index < -0.39 is 17.6 Å². The quantitative estimate of drug-likeness (QED) is 0.568. The Hall–Kier alpha value is -2.91. The molecule has 2 aliphatic rings. The Morgan fingerprint density at radius 2 is 1.72 bits per heavy atom. The number of nitrogens with zero attached hydrogens (tertiary/aromatic N) is 1. The number of alkyl halides is 3. The summed E-state index contributed by atoms with van der Waals surface area (Å²) in [6.07, 6.45) is 0.744. The van der Waals surface area contributed by atoms with Crippen LogP contribution in [0.2, 0.25) is 0 Å². The van der Waals surface area contributed by atoms with Crippen molar-refractivity contribution in [2.75, 3.05) is 19.6 Å². The van der Waals surface area contributed by atoms with Crippen LogP contribution in [0.5, 0.6) is 0 Å². The number of nitrogens with one attached hydrogen (secondary N) is 2. The number of carbonyl (C=O) groups excluding carboxylic acids is 2. The van der Waals surface area contributed by atoms with E-state index in [9.17, 15) is 22.8 Å². The molecule has 1 heterocycles. The van der Waals surface area contributed by atoms with Crippen LogP contribution in [0.15, 0.2) is 54.6 Å². The van der Waals surface area contributed by atoms with Crippen LogP contribution < -0.4 is 10.6 Å². The zero-order valence-corrected chi connectivity index (χ0v) is 20.1. The van der Waals surface area contributed by atoms with Crippen molar-refractivity contribution in [2.24, 2.45) is 0 Å². The zero-order valence-electron chi connectivity index (χ0n) is 20.1. The lowest BCUT2D eigenvalue weighted by Crippen LogP contribution is -2.44. The van der Waals surface area contributed by atoms with E-state index in [4.69, 9.17) is 4.74 Å². The number of ether oxygens (including phenoxy) is 1. The summed E-state index contributed by atoms with van der Waals surface area (Å²) in [7, 11) is 0. The smallest absolute Gasteiger partial charge is 0.374 e. The Kier molecular flexibility index (Phi) is 8.64. The molecule has 0 unspecified atom stereocenters. The van der Waals surface area contributed by atoms with Gasteiger partial charge in [-0.25, -0.2) is 0 Å². The van der Waals surface area contributed by atoms with Gasteiger partial charge in [0.25, 0.3) is 5.91 Å². The molecule has 1 aliphatic carbocycles. The Bertz CT molecular complexity index is 1020. The molecule has 1 atom stereocenters. The summed E-state index contributed by atoms with van der Waals surface area (Å²) in [6.45, 7) is 2.02. The largest absolute Gasteiger partial charge is 0.416 e. The van der Waals surface area contributed by atoms with E-state index in [1.54, 1.807) is 0 Å². The highest BCUT2D eigenvalue weighted by atomic mass is 19.4. The number of carbonyl (C=O) groups is 2. The molecule has 0 bridgehead atoms. The molecule has 1 saturated heterocycles. The number of amides is 2. The van der Waals surface area contributed by atoms with Crippen molar-refractivity contribution in [3.05, 3.63) is 71.3 Å². The van der Waals surface area contributed by atoms with E-state index in [2.05, 4.69) is 27.7 Å². The lowest BCUT2D eigenvalue weighted by Gasteiger charge is -2.34. The van der Waals surface area contributed by atoms with Crippen molar-refractivity contribution in [1.29, 1.82) is 0 Å². The van der Waals surface area contributed by atoms with E-state index in [-0.39, 0.29) is 30.2 Å². The van der Waals surface area contributed by atoms with E-state index in [1.165, 1.54) is 17.7 Å². The third-order valence-electron chi connectivity index (χ3n) is 6.94. The summed E-state index contributed by atoms with van der Waals surface area (Å²) >= 11 is 0. The number of halogens is 3. The van der Waals surface area contributed by atoms with Crippen LogP contribution in [0, 0.1) is 0 Å². The molecule has 2 amide bonds. The van der Waals surface area contributed by atoms with Gasteiger partial charge in [0.1, 0.15) is 0 Å². The normalized spacial score (nSPS) is 22.8. The topological polar surface area (TPSA) is 70.7 Å². The summed E-state index contributed by atoms with van der Waals surface area (Å²) in [6, 6.07) is 14.8. The third kappa shape index (κ3) is 7.30. The molecule has 2 fully saturated rings. The molecular formula is C27H32F3N3O3. The maximum Gasteiger partial charge on any atom is 0.416 e. The predicted molar refractivity (Wildman–Crippen MR) is 129 cm³/mol. The van der Waals surface area contributed by atoms with Gasteiger partial charge in [-0.3, -0.25) is 14.5 Å². The van der Waals surface area contributed by atoms with Crippen LogP contribution in [0.4, 0.5) is 13.2 Å². The summed E-state index contributed by atoms with van der Waals surface area (Å²) in [5.41, 5.74) is 0.152. The molecule has 0 aromatic heterocycles. The lowest BCUT2D eigenvalue weighted by atomic mass is 9.92. The van der Waals surface area contributed by atoms with E-state index >= 15 is 0 Å². The molecule has 2 N–H and O–H groups in total. The Morgan fingerprint density at radius 3 is 2.44 bits per heavy atom. The third-order valence-corrected chi connectivity index (χ3v) is 6.94. The maximum atomic E-state index is 12.9. The first-order valence-corrected chi connectivity index (χ1v) is 12.4.